The van der Waals surface area contributed by atoms with E-state index in [1.807, 2.05) is 12.1 Å². The summed E-state index contributed by atoms with van der Waals surface area (Å²) in [5.74, 6) is 0.912. The number of rotatable bonds is 5. The zero-order valence-corrected chi connectivity index (χ0v) is 16.0. The molecule has 0 spiro atoms. The van der Waals surface area contributed by atoms with Gasteiger partial charge in [-0.05, 0) is 36.5 Å². The number of alkyl halides is 2. The van der Waals surface area contributed by atoms with Gasteiger partial charge in [-0.15, -0.1) is 24.8 Å². The maximum atomic E-state index is 12.3. The third kappa shape index (κ3) is 6.24. The molecule has 2 aliphatic rings. The van der Waals surface area contributed by atoms with Gasteiger partial charge in [0.15, 0.2) is 0 Å². The Bertz CT molecular complexity index is 460. The average molecular weight is 397 g/mol. The third-order valence-corrected chi connectivity index (χ3v) is 5.09. The van der Waals surface area contributed by atoms with E-state index < -0.39 is 6.61 Å². The molecule has 0 unspecified atom stereocenters. The van der Waals surface area contributed by atoms with Gasteiger partial charge >= 0.3 is 6.61 Å². The summed E-state index contributed by atoms with van der Waals surface area (Å²) < 4.78 is 29.1. The Kier molecular flexibility index (Phi) is 10.0. The molecule has 1 aliphatic heterocycles. The highest BCUT2D eigenvalue weighted by atomic mass is 35.5. The van der Waals surface area contributed by atoms with Crippen molar-refractivity contribution in [2.45, 2.75) is 44.8 Å². The SMILES string of the molecule is Cl.Cl.FC(F)Oc1ccc([C@H](C2CCCCC2)N2CCNCC2)cc1. The van der Waals surface area contributed by atoms with Gasteiger partial charge in [-0.1, -0.05) is 31.4 Å². The van der Waals surface area contributed by atoms with Crippen LogP contribution >= 0.6 is 24.8 Å². The molecule has 1 saturated carbocycles. The van der Waals surface area contributed by atoms with E-state index in [-0.39, 0.29) is 30.6 Å². The van der Waals surface area contributed by atoms with Crippen LogP contribution < -0.4 is 10.1 Å². The number of hydrogen-bond acceptors (Lipinski definition) is 3. The summed E-state index contributed by atoms with van der Waals surface area (Å²) in [7, 11) is 0. The number of nitrogens with one attached hydrogen (secondary N) is 1. The first-order valence-electron chi connectivity index (χ1n) is 8.73. The normalized spacial score (nSPS) is 20.4. The largest absolute Gasteiger partial charge is 0.435 e. The molecule has 0 aromatic heterocycles. The van der Waals surface area contributed by atoms with Crippen molar-refractivity contribution in [1.82, 2.24) is 10.2 Å². The van der Waals surface area contributed by atoms with E-state index in [2.05, 4.69) is 15.0 Å². The van der Waals surface area contributed by atoms with Crippen LogP contribution in [0.1, 0.15) is 43.7 Å². The Morgan fingerprint density at radius 3 is 2.12 bits per heavy atom. The van der Waals surface area contributed by atoms with Crippen LogP contribution in [0.4, 0.5) is 8.78 Å². The van der Waals surface area contributed by atoms with Crippen molar-refractivity contribution in [3.63, 3.8) is 0 Å². The molecule has 1 atom stereocenters. The Morgan fingerprint density at radius 2 is 1.56 bits per heavy atom. The highest BCUT2D eigenvalue weighted by Crippen LogP contribution is 2.39. The summed E-state index contributed by atoms with van der Waals surface area (Å²) in [5, 5.41) is 3.41. The summed E-state index contributed by atoms with van der Waals surface area (Å²) in [6, 6.07) is 7.70. The molecule has 1 aromatic carbocycles. The predicted molar refractivity (Wildman–Crippen MR) is 101 cm³/mol. The van der Waals surface area contributed by atoms with E-state index in [0.29, 0.717) is 12.0 Å². The third-order valence-electron chi connectivity index (χ3n) is 5.09. The first kappa shape index (κ1) is 22.4. The van der Waals surface area contributed by atoms with Gasteiger partial charge in [-0.25, -0.2) is 0 Å². The van der Waals surface area contributed by atoms with Crippen molar-refractivity contribution in [2.24, 2.45) is 5.92 Å². The van der Waals surface area contributed by atoms with E-state index in [9.17, 15) is 8.78 Å². The Morgan fingerprint density at radius 1 is 0.960 bits per heavy atom. The average Bonchev–Trinajstić information content (AvgIpc) is 2.58. The lowest BCUT2D eigenvalue weighted by atomic mass is 9.80. The molecule has 3 nitrogen and oxygen atoms in total. The zero-order chi connectivity index (χ0) is 16.1. The molecular formula is C18H28Cl2F2N2O. The number of hydrogen-bond donors (Lipinski definition) is 1. The van der Waals surface area contributed by atoms with Gasteiger partial charge in [-0.2, -0.15) is 8.78 Å². The molecule has 0 bridgehead atoms. The van der Waals surface area contributed by atoms with Crippen LogP contribution in [-0.4, -0.2) is 37.7 Å². The molecule has 7 heteroatoms. The van der Waals surface area contributed by atoms with Crippen LogP contribution in [-0.2, 0) is 0 Å². The van der Waals surface area contributed by atoms with Gasteiger partial charge in [0.05, 0.1) is 0 Å². The molecule has 1 aromatic rings. The molecule has 0 radical (unpaired) electrons. The maximum Gasteiger partial charge on any atom is 0.387 e. The lowest BCUT2D eigenvalue weighted by molar-refractivity contribution is -0.0498. The minimum Gasteiger partial charge on any atom is -0.435 e. The molecule has 1 N–H and O–H groups in total. The summed E-state index contributed by atoms with van der Waals surface area (Å²) in [6.07, 6.45) is 6.49. The van der Waals surface area contributed by atoms with E-state index in [1.165, 1.54) is 37.7 Å². The van der Waals surface area contributed by atoms with E-state index in [4.69, 9.17) is 0 Å². The topological polar surface area (TPSA) is 24.5 Å². The number of piperazine rings is 1. The standard InChI is InChI=1S/C18H26F2N2O.2ClH/c19-18(20)23-16-8-6-15(7-9-16)17(14-4-2-1-3-5-14)22-12-10-21-11-13-22;;/h6-9,14,17-18,21H,1-5,10-13H2;2*1H/t17-;;/m0../s1. The van der Waals surface area contributed by atoms with Crippen LogP contribution in [0.3, 0.4) is 0 Å². The molecule has 2 fully saturated rings. The molecule has 1 saturated heterocycles. The minimum atomic E-state index is -2.76. The van der Waals surface area contributed by atoms with Gasteiger partial charge < -0.3 is 10.1 Å². The highest BCUT2D eigenvalue weighted by molar-refractivity contribution is 5.85. The Balaban J connectivity index is 0.00000156. The molecule has 3 rings (SSSR count). The molecule has 1 heterocycles. The second kappa shape index (κ2) is 11.2. The molecule has 0 amide bonds. The molecule has 25 heavy (non-hydrogen) atoms. The second-order valence-electron chi connectivity index (χ2n) is 6.58. The quantitative estimate of drug-likeness (QED) is 0.782. The second-order valence-corrected chi connectivity index (χ2v) is 6.58. The summed E-state index contributed by atoms with van der Waals surface area (Å²) in [4.78, 5) is 2.56. The van der Waals surface area contributed by atoms with E-state index >= 15 is 0 Å². The molecule has 144 valence electrons. The fourth-order valence-electron chi connectivity index (χ4n) is 4.04. The Labute approximate surface area is 161 Å². The molecule has 1 aliphatic carbocycles. The number of nitrogens with zero attached hydrogens (tertiary/aromatic N) is 1. The lowest BCUT2D eigenvalue weighted by Crippen LogP contribution is -2.47. The summed E-state index contributed by atoms with van der Waals surface area (Å²) in [5.41, 5.74) is 1.24. The monoisotopic (exact) mass is 396 g/mol. The first-order chi connectivity index (χ1) is 11.2. The number of halogens is 4. The van der Waals surface area contributed by atoms with Crippen molar-refractivity contribution >= 4 is 24.8 Å². The zero-order valence-electron chi connectivity index (χ0n) is 14.3. The molecular weight excluding hydrogens is 369 g/mol. The van der Waals surface area contributed by atoms with Gasteiger partial charge in [0.25, 0.3) is 0 Å². The Hall–Kier alpha value is -0.620. The van der Waals surface area contributed by atoms with Gasteiger partial charge in [-0.3, -0.25) is 4.90 Å². The van der Waals surface area contributed by atoms with E-state index in [1.54, 1.807) is 12.1 Å². The van der Waals surface area contributed by atoms with Crippen LogP contribution in [0.5, 0.6) is 5.75 Å². The number of ether oxygens (including phenoxy) is 1. The van der Waals surface area contributed by atoms with Crippen LogP contribution in [0, 0.1) is 5.92 Å². The van der Waals surface area contributed by atoms with E-state index in [0.717, 1.165) is 26.2 Å². The predicted octanol–water partition coefficient (Wildman–Crippen LogP) is 4.66. The van der Waals surface area contributed by atoms with Crippen LogP contribution in [0.2, 0.25) is 0 Å². The maximum absolute atomic E-state index is 12.3. The van der Waals surface area contributed by atoms with Gasteiger partial charge in [0, 0.05) is 32.2 Å². The fraction of sp³-hybridized carbons (Fsp3) is 0.667. The fourth-order valence-corrected chi connectivity index (χ4v) is 4.04. The van der Waals surface area contributed by atoms with Crippen molar-refractivity contribution < 1.29 is 13.5 Å². The smallest absolute Gasteiger partial charge is 0.387 e. The summed E-state index contributed by atoms with van der Waals surface area (Å²) >= 11 is 0. The van der Waals surface area contributed by atoms with Crippen molar-refractivity contribution in [3.05, 3.63) is 29.8 Å². The van der Waals surface area contributed by atoms with Gasteiger partial charge in [0.1, 0.15) is 5.75 Å². The van der Waals surface area contributed by atoms with Crippen LogP contribution in [0.25, 0.3) is 0 Å². The highest BCUT2D eigenvalue weighted by Gasteiger charge is 2.30. The van der Waals surface area contributed by atoms with Gasteiger partial charge in [0.2, 0.25) is 0 Å². The minimum absolute atomic E-state index is 0. The van der Waals surface area contributed by atoms with Crippen molar-refractivity contribution in [2.75, 3.05) is 26.2 Å². The van der Waals surface area contributed by atoms with Crippen LogP contribution in [0.15, 0.2) is 24.3 Å². The summed E-state index contributed by atoms with van der Waals surface area (Å²) in [6.45, 7) is 1.39. The lowest BCUT2D eigenvalue weighted by Gasteiger charge is -2.41. The van der Waals surface area contributed by atoms with Crippen molar-refractivity contribution in [1.29, 1.82) is 0 Å². The first-order valence-corrected chi connectivity index (χ1v) is 8.73. The number of benzene rings is 1. The van der Waals surface area contributed by atoms with Crippen molar-refractivity contribution in [3.8, 4) is 5.75 Å².